The number of nitrogens with zero attached hydrogens (tertiary/aromatic N) is 4. The molecule has 3 heterocycles. The van der Waals surface area contributed by atoms with E-state index in [1.807, 2.05) is 35.9 Å². The molecular weight excluding hydrogens is 326 g/mol. The second-order valence-corrected chi connectivity index (χ2v) is 6.31. The maximum Gasteiger partial charge on any atom is 0.229 e. The highest BCUT2D eigenvalue weighted by molar-refractivity contribution is 6.30. The van der Waals surface area contributed by atoms with Crippen LogP contribution in [0, 0.1) is 6.92 Å². The number of halogens is 1. The van der Waals surface area contributed by atoms with Crippen molar-refractivity contribution < 1.29 is 4.79 Å². The summed E-state index contributed by atoms with van der Waals surface area (Å²) in [4.78, 5) is 26.1. The Morgan fingerprint density at radius 3 is 2.96 bits per heavy atom. The summed E-state index contributed by atoms with van der Waals surface area (Å²) in [6, 6.07) is 7.39. The monoisotopic (exact) mass is 341 g/mol. The van der Waals surface area contributed by atoms with Gasteiger partial charge in [0.05, 0.1) is 12.4 Å². The molecule has 1 unspecified atom stereocenters. The van der Waals surface area contributed by atoms with Crippen molar-refractivity contribution in [1.29, 1.82) is 0 Å². The minimum atomic E-state index is 0.0186. The summed E-state index contributed by atoms with van der Waals surface area (Å²) in [5.41, 5.74) is 2.60. The Hall–Kier alpha value is -2.60. The van der Waals surface area contributed by atoms with Crippen LogP contribution in [0.25, 0.3) is 11.5 Å². The topological polar surface area (TPSA) is 66.8 Å². The molecular formula is C17H16ClN5O. The van der Waals surface area contributed by atoms with E-state index in [-0.39, 0.29) is 11.9 Å². The van der Waals surface area contributed by atoms with E-state index in [9.17, 15) is 4.79 Å². The number of aromatic amines is 1. The molecule has 1 fully saturated rings. The number of rotatable bonds is 3. The van der Waals surface area contributed by atoms with Gasteiger partial charge in [-0.05, 0) is 25.1 Å². The summed E-state index contributed by atoms with van der Waals surface area (Å²) in [6.07, 6.45) is 5.74. The number of aromatic nitrogens is 4. The second kappa shape index (κ2) is 5.79. The summed E-state index contributed by atoms with van der Waals surface area (Å²) in [7, 11) is 0. The van der Waals surface area contributed by atoms with Crippen LogP contribution in [0.5, 0.6) is 0 Å². The molecule has 1 aliphatic rings. The zero-order chi connectivity index (χ0) is 16.7. The number of nitrogens with one attached hydrogen (secondary N) is 1. The number of imidazole rings is 2. The van der Waals surface area contributed by atoms with Crippen LogP contribution >= 0.6 is 11.6 Å². The lowest BCUT2D eigenvalue weighted by Crippen LogP contribution is -2.24. The molecule has 1 atom stereocenters. The molecule has 3 aromatic rings. The average Bonchev–Trinajstić information content (AvgIpc) is 3.26. The fraction of sp³-hybridized carbons (Fsp3) is 0.235. The molecule has 1 saturated heterocycles. The lowest BCUT2D eigenvalue weighted by molar-refractivity contribution is -0.117. The van der Waals surface area contributed by atoms with Crippen LogP contribution in [0.1, 0.15) is 18.2 Å². The zero-order valence-electron chi connectivity index (χ0n) is 13.1. The summed E-state index contributed by atoms with van der Waals surface area (Å²) in [5.74, 6) is 0.861. The van der Waals surface area contributed by atoms with Crippen molar-refractivity contribution in [3.05, 3.63) is 53.7 Å². The first-order valence-electron chi connectivity index (χ1n) is 7.72. The SMILES string of the molecule is Cc1[nH]cnc1-c1nccn1C1CC(=O)N(c2cccc(Cl)c2)C1. The van der Waals surface area contributed by atoms with Crippen molar-refractivity contribution in [2.75, 3.05) is 11.4 Å². The van der Waals surface area contributed by atoms with Gasteiger partial charge >= 0.3 is 0 Å². The van der Waals surface area contributed by atoms with Crippen molar-refractivity contribution in [2.24, 2.45) is 0 Å². The molecule has 0 saturated carbocycles. The Labute approximate surface area is 144 Å². The normalized spacial score (nSPS) is 17.7. The van der Waals surface area contributed by atoms with Crippen molar-refractivity contribution in [2.45, 2.75) is 19.4 Å². The van der Waals surface area contributed by atoms with Gasteiger partial charge in [0.25, 0.3) is 0 Å². The summed E-state index contributed by atoms with van der Waals surface area (Å²) < 4.78 is 2.03. The minimum absolute atomic E-state index is 0.0186. The highest BCUT2D eigenvalue weighted by atomic mass is 35.5. The van der Waals surface area contributed by atoms with E-state index in [0.29, 0.717) is 18.0 Å². The van der Waals surface area contributed by atoms with Gasteiger partial charge in [-0.1, -0.05) is 17.7 Å². The molecule has 4 rings (SSSR count). The summed E-state index contributed by atoms with van der Waals surface area (Å²) >= 11 is 6.05. The van der Waals surface area contributed by atoms with Gasteiger partial charge in [0, 0.05) is 41.8 Å². The third-order valence-corrected chi connectivity index (χ3v) is 4.56. The van der Waals surface area contributed by atoms with Crippen molar-refractivity contribution >= 4 is 23.2 Å². The number of H-pyrrole nitrogens is 1. The summed E-state index contributed by atoms with van der Waals surface area (Å²) in [6.45, 7) is 2.55. The van der Waals surface area contributed by atoms with E-state index < -0.39 is 0 Å². The van der Waals surface area contributed by atoms with Crippen LogP contribution < -0.4 is 4.90 Å². The lowest BCUT2D eigenvalue weighted by atomic mass is 10.2. The molecule has 7 heteroatoms. The average molecular weight is 342 g/mol. The maximum atomic E-state index is 12.5. The van der Waals surface area contributed by atoms with Gasteiger partial charge in [-0.2, -0.15) is 0 Å². The second-order valence-electron chi connectivity index (χ2n) is 5.88. The molecule has 1 aliphatic heterocycles. The van der Waals surface area contributed by atoms with Crippen LogP contribution in [0.2, 0.25) is 5.02 Å². The number of aryl methyl sites for hydroxylation is 1. The largest absolute Gasteiger partial charge is 0.348 e. The number of hydrogen-bond acceptors (Lipinski definition) is 3. The first-order chi connectivity index (χ1) is 11.6. The van der Waals surface area contributed by atoms with E-state index in [1.165, 1.54) is 0 Å². The van der Waals surface area contributed by atoms with Gasteiger partial charge in [-0.25, -0.2) is 9.97 Å². The zero-order valence-corrected chi connectivity index (χ0v) is 13.9. The predicted octanol–water partition coefficient (Wildman–Crippen LogP) is 3.21. The number of anilines is 1. The predicted molar refractivity (Wildman–Crippen MR) is 92.0 cm³/mol. The Balaban J connectivity index is 1.65. The number of carbonyl (C=O) groups excluding carboxylic acids is 1. The van der Waals surface area contributed by atoms with Crippen LogP contribution in [0.4, 0.5) is 5.69 Å². The van der Waals surface area contributed by atoms with Crippen LogP contribution in [-0.4, -0.2) is 32.0 Å². The van der Waals surface area contributed by atoms with Crippen LogP contribution in [0.3, 0.4) is 0 Å². The van der Waals surface area contributed by atoms with Gasteiger partial charge < -0.3 is 14.5 Å². The first kappa shape index (κ1) is 15.0. The number of hydrogen-bond donors (Lipinski definition) is 1. The minimum Gasteiger partial charge on any atom is -0.348 e. The van der Waals surface area contributed by atoms with Crippen LogP contribution in [-0.2, 0) is 4.79 Å². The molecule has 0 aliphatic carbocycles. The Morgan fingerprint density at radius 2 is 2.21 bits per heavy atom. The maximum absolute atomic E-state index is 12.5. The Bertz CT molecular complexity index is 900. The fourth-order valence-corrected chi connectivity index (χ4v) is 3.33. The molecule has 0 radical (unpaired) electrons. The van der Waals surface area contributed by atoms with Gasteiger partial charge in [-0.15, -0.1) is 0 Å². The quantitative estimate of drug-likeness (QED) is 0.795. The van der Waals surface area contributed by atoms with E-state index in [2.05, 4.69) is 15.0 Å². The number of amides is 1. The molecule has 122 valence electrons. The first-order valence-corrected chi connectivity index (χ1v) is 8.10. The standard InChI is InChI=1S/C17H16ClN5O/c1-11-16(21-10-20-11)17-19-5-6-22(17)14-8-15(24)23(9-14)13-4-2-3-12(18)7-13/h2-7,10,14H,8-9H2,1H3,(H,20,21). The Morgan fingerprint density at radius 1 is 1.33 bits per heavy atom. The van der Waals surface area contributed by atoms with Crippen molar-refractivity contribution in [1.82, 2.24) is 19.5 Å². The highest BCUT2D eigenvalue weighted by Crippen LogP contribution is 2.32. The molecule has 1 N–H and O–H groups in total. The molecule has 24 heavy (non-hydrogen) atoms. The van der Waals surface area contributed by atoms with Gasteiger partial charge in [0.2, 0.25) is 5.91 Å². The molecule has 0 bridgehead atoms. The van der Waals surface area contributed by atoms with Crippen LogP contribution in [0.15, 0.2) is 43.0 Å². The third-order valence-electron chi connectivity index (χ3n) is 4.33. The fourth-order valence-electron chi connectivity index (χ4n) is 3.14. The Kier molecular flexibility index (Phi) is 3.61. The van der Waals surface area contributed by atoms with Crippen molar-refractivity contribution in [3.63, 3.8) is 0 Å². The molecule has 1 aromatic carbocycles. The molecule has 2 aromatic heterocycles. The van der Waals surface area contributed by atoms with E-state index in [1.54, 1.807) is 23.5 Å². The molecule has 0 spiro atoms. The van der Waals surface area contributed by atoms with E-state index in [4.69, 9.17) is 11.6 Å². The molecule has 1 amide bonds. The third kappa shape index (κ3) is 2.49. The van der Waals surface area contributed by atoms with Gasteiger partial charge in [-0.3, -0.25) is 4.79 Å². The number of benzene rings is 1. The molecule has 6 nitrogen and oxygen atoms in total. The van der Waals surface area contributed by atoms with Gasteiger partial charge in [0.15, 0.2) is 5.82 Å². The van der Waals surface area contributed by atoms with Crippen molar-refractivity contribution in [3.8, 4) is 11.5 Å². The smallest absolute Gasteiger partial charge is 0.229 e. The number of carbonyl (C=O) groups is 1. The highest BCUT2D eigenvalue weighted by Gasteiger charge is 2.33. The van der Waals surface area contributed by atoms with E-state index in [0.717, 1.165) is 22.9 Å². The lowest BCUT2D eigenvalue weighted by Gasteiger charge is -2.18. The van der Waals surface area contributed by atoms with Gasteiger partial charge in [0.1, 0.15) is 5.69 Å². The summed E-state index contributed by atoms with van der Waals surface area (Å²) in [5, 5.41) is 0.624. The van der Waals surface area contributed by atoms with E-state index >= 15 is 0 Å².